The minimum atomic E-state index is -0.281. The van der Waals surface area contributed by atoms with Gasteiger partial charge in [-0.25, -0.2) is 0 Å². The minimum Gasteiger partial charge on any atom is -0.551 e. The highest BCUT2D eigenvalue weighted by molar-refractivity contribution is 6.84. The minimum absolute atomic E-state index is 0.281. The summed E-state index contributed by atoms with van der Waals surface area (Å²) >= 11 is 0. The number of aromatic nitrogens is 2. The van der Waals surface area contributed by atoms with E-state index in [1.165, 1.54) is 59.9 Å². The Morgan fingerprint density at radius 1 is 0.415 bits per heavy atom. The van der Waals surface area contributed by atoms with Gasteiger partial charge in [0.15, 0.2) is 0 Å². The van der Waals surface area contributed by atoms with Crippen molar-refractivity contribution >= 4 is 77.7 Å². The second kappa shape index (κ2) is 9.87. The number of ether oxygens (including phenoxy) is 1. The van der Waals surface area contributed by atoms with Crippen LogP contribution in [0.3, 0.4) is 0 Å². The number of rotatable bonds is 2. The summed E-state index contributed by atoms with van der Waals surface area (Å²) in [5.74, 6) is 2.54. The lowest BCUT2D eigenvalue weighted by Gasteiger charge is -2.33. The zero-order chi connectivity index (χ0) is 34.4. The molecule has 4 nitrogen and oxygen atoms in total. The number of benzene rings is 8. The standard InChI is InChI=1S/C48H27BN2O2/c1-5-16-40-31(10-1)32-11-2-6-17-41(32)50(40)30-21-22-39-45(27-30)52-46-26-29(25-38-34-13-4-8-19-44(34)53-49(39)47(38)46)28-20-23-43-37(24-28)36-15-9-14-35-33-12-3-7-18-42(33)51(43)48(35)36/h1-27H. The van der Waals surface area contributed by atoms with Gasteiger partial charge in [-0.05, 0) is 71.3 Å². The van der Waals surface area contributed by atoms with E-state index in [0.29, 0.717) is 0 Å². The molecule has 53 heavy (non-hydrogen) atoms. The third-order valence-corrected chi connectivity index (χ3v) is 11.7. The van der Waals surface area contributed by atoms with Gasteiger partial charge in [0.2, 0.25) is 0 Å². The molecule has 2 aliphatic rings. The summed E-state index contributed by atoms with van der Waals surface area (Å²) in [5.41, 5.74) is 13.8. The molecular formula is C48H27BN2O2. The van der Waals surface area contributed by atoms with E-state index >= 15 is 0 Å². The van der Waals surface area contributed by atoms with E-state index in [1.807, 2.05) is 0 Å². The van der Waals surface area contributed by atoms with E-state index < -0.39 is 0 Å². The Kier molecular flexibility index (Phi) is 5.16. The van der Waals surface area contributed by atoms with Crippen LogP contribution >= 0.6 is 0 Å². The first-order valence-corrected chi connectivity index (χ1v) is 18.2. The van der Waals surface area contributed by atoms with E-state index in [9.17, 15) is 0 Å². The maximum atomic E-state index is 6.99. The van der Waals surface area contributed by atoms with Gasteiger partial charge in [0, 0.05) is 60.6 Å². The Balaban J connectivity index is 1.02. The molecule has 11 aromatic rings. The van der Waals surface area contributed by atoms with Crippen LogP contribution in [-0.2, 0) is 0 Å². The van der Waals surface area contributed by atoms with Crippen molar-refractivity contribution in [2.24, 2.45) is 0 Å². The van der Waals surface area contributed by atoms with Crippen molar-refractivity contribution in [3.63, 3.8) is 0 Å². The number of fused-ring (bicyclic) bond motifs is 13. The van der Waals surface area contributed by atoms with E-state index in [2.05, 4.69) is 173 Å². The van der Waals surface area contributed by atoms with Crippen LogP contribution in [0.25, 0.3) is 87.8 Å². The topological polar surface area (TPSA) is 27.8 Å². The summed E-state index contributed by atoms with van der Waals surface area (Å²) < 4.78 is 18.6. The molecule has 5 heterocycles. The van der Waals surface area contributed by atoms with Crippen LogP contribution in [0, 0.1) is 0 Å². The van der Waals surface area contributed by atoms with E-state index in [-0.39, 0.29) is 6.92 Å². The Hall–Kier alpha value is -6.98. The molecule has 0 unspecified atom stereocenters. The first-order valence-electron chi connectivity index (χ1n) is 18.2. The smallest absolute Gasteiger partial charge is 0.434 e. The Morgan fingerprint density at radius 3 is 1.89 bits per heavy atom. The van der Waals surface area contributed by atoms with Crippen molar-refractivity contribution in [3.8, 4) is 45.2 Å². The molecule has 244 valence electrons. The molecule has 0 atom stereocenters. The maximum Gasteiger partial charge on any atom is 0.434 e. The number of hydrogen-bond acceptors (Lipinski definition) is 2. The fourth-order valence-corrected chi connectivity index (χ4v) is 9.47. The molecule has 0 N–H and O–H groups in total. The number of hydrogen-bond donors (Lipinski definition) is 0. The summed E-state index contributed by atoms with van der Waals surface area (Å²) in [5, 5.41) is 7.59. The van der Waals surface area contributed by atoms with E-state index in [1.54, 1.807) is 0 Å². The lowest BCUT2D eigenvalue weighted by Crippen LogP contribution is -2.53. The molecule has 3 aromatic heterocycles. The monoisotopic (exact) mass is 674 g/mol. The zero-order valence-corrected chi connectivity index (χ0v) is 28.4. The van der Waals surface area contributed by atoms with Gasteiger partial charge in [-0.2, -0.15) is 0 Å². The normalized spacial score (nSPS) is 13.2. The van der Waals surface area contributed by atoms with Gasteiger partial charge in [0.25, 0.3) is 0 Å². The first kappa shape index (κ1) is 27.7. The molecule has 0 bridgehead atoms. The van der Waals surface area contributed by atoms with Crippen molar-refractivity contribution in [1.82, 2.24) is 8.97 Å². The van der Waals surface area contributed by atoms with Gasteiger partial charge in [0.1, 0.15) is 17.2 Å². The summed E-state index contributed by atoms with van der Waals surface area (Å²) in [7, 11) is 0. The van der Waals surface area contributed by atoms with Gasteiger partial charge in [0.05, 0.1) is 27.6 Å². The average molecular weight is 675 g/mol. The maximum absolute atomic E-state index is 6.99. The number of nitrogens with zero attached hydrogens (tertiary/aromatic N) is 2. The van der Waals surface area contributed by atoms with Crippen LogP contribution in [0.5, 0.6) is 17.2 Å². The van der Waals surface area contributed by atoms with Crippen molar-refractivity contribution in [3.05, 3.63) is 164 Å². The predicted molar refractivity (Wildman–Crippen MR) is 218 cm³/mol. The van der Waals surface area contributed by atoms with Crippen LogP contribution in [0.4, 0.5) is 0 Å². The molecule has 2 aliphatic heterocycles. The summed E-state index contributed by atoms with van der Waals surface area (Å²) in [6, 6.07) is 59.1. The van der Waals surface area contributed by atoms with Gasteiger partial charge >= 0.3 is 6.92 Å². The van der Waals surface area contributed by atoms with E-state index in [4.69, 9.17) is 9.39 Å². The van der Waals surface area contributed by atoms with Gasteiger partial charge in [-0.3, -0.25) is 0 Å². The Morgan fingerprint density at radius 2 is 1.08 bits per heavy atom. The van der Waals surface area contributed by atoms with Crippen LogP contribution in [0.1, 0.15) is 0 Å². The third-order valence-electron chi connectivity index (χ3n) is 11.7. The summed E-state index contributed by atoms with van der Waals surface area (Å²) in [6.07, 6.45) is 0. The molecule has 0 aliphatic carbocycles. The first-order chi connectivity index (χ1) is 26.3. The molecule has 0 spiro atoms. The summed E-state index contributed by atoms with van der Waals surface area (Å²) in [4.78, 5) is 0. The SMILES string of the molecule is c1ccc2c(c1)OB1c3ccc(-n4c5ccccc5c5ccccc54)cc3Oc3cc(-c4ccc5c(c4)c4cccc6c7ccccc7n5c64)cc-2c31. The van der Waals surface area contributed by atoms with Crippen LogP contribution < -0.4 is 20.3 Å². The highest BCUT2D eigenvalue weighted by Crippen LogP contribution is 2.44. The quantitative estimate of drug-likeness (QED) is 0.171. The largest absolute Gasteiger partial charge is 0.551 e. The number of para-hydroxylation sites is 5. The molecule has 0 radical (unpaired) electrons. The molecule has 13 rings (SSSR count). The lowest BCUT2D eigenvalue weighted by molar-refractivity contribution is 0.479. The zero-order valence-electron chi connectivity index (χ0n) is 28.4. The van der Waals surface area contributed by atoms with E-state index in [0.717, 1.165) is 56.1 Å². The van der Waals surface area contributed by atoms with Gasteiger partial charge in [-0.1, -0.05) is 103 Å². The summed E-state index contributed by atoms with van der Waals surface area (Å²) in [6.45, 7) is -0.281. The van der Waals surface area contributed by atoms with Crippen molar-refractivity contribution in [2.45, 2.75) is 0 Å². The molecule has 0 fully saturated rings. The lowest BCUT2D eigenvalue weighted by atomic mass is 9.50. The molecule has 5 heteroatoms. The fraction of sp³-hybridized carbons (Fsp3) is 0. The molecule has 8 aromatic carbocycles. The Labute approximate surface area is 304 Å². The molecule has 0 saturated heterocycles. The van der Waals surface area contributed by atoms with Crippen molar-refractivity contribution < 1.29 is 9.39 Å². The van der Waals surface area contributed by atoms with Gasteiger partial charge in [-0.15, -0.1) is 0 Å². The molecule has 0 saturated carbocycles. The second-order valence-electron chi connectivity index (χ2n) is 14.4. The fourth-order valence-electron chi connectivity index (χ4n) is 9.47. The molecule has 0 amide bonds. The highest BCUT2D eigenvalue weighted by atomic mass is 16.5. The second-order valence-corrected chi connectivity index (χ2v) is 14.4. The third kappa shape index (κ3) is 3.56. The Bertz CT molecular complexity index is 3320. The predicted octanol–water partition coefficient (Wildman–Crippen LogP) is 10.9. The van der Waals surface area contributed by atoms with Crippen molar-refractivity contribution in [1.29, 1.82) is 0 Å². The van der Waals surface area contributed by atoms with Crippen LogP contribution in [0.2, 0.25) is 0 Å². The highest BCUT2D eigenvalue weighted by Gasteiger charge is 2.41. The average Bonchev–Trinajstić information content (AvgIpc) is 3.86. The van der Waals surface area contributed by atoms with Crippen LogP contribution in [0.15, 0.2) is 164 Å². The van der Waals surface area contributed by atoms with Crippen molar-refractivity contribution in [2.75, 3.05) is 0 Å². The van der Waals surface area contributed by atoms with Crippen LogP contribution in [-0.4, -0.2) is 15.9 Å². The molecular weight excluding hydrogens is 647 g/mol. The van der Waals surface area contributed by atoms with Gasteiger partial charge < -0.3 is 18.4 Å².